The Morgan fingerprint density at radius 3 is 0.615 bits per heavy atom. The van der Waals surface area contributed by atoms with E-state index in [1.165, 1.54) is 0 Å². The van der Waals surface area contributed by atoms with Gasteiger partial charge in [-0.2, -0.15) is 0 Å². The van der Waals surface area contributed by atoms with E-state index in [9.17, 15) is 0 Å². The molecule has 0 aromatic carbocycles. The van der Waals surface area contributed by atoms with Crippen LogP contribution in [0.5, 0.6) is 0 Å². The molecule has 0 fully saturated rings. The Morgan fingerprint density at radius 1 is 0.462 bits per heavy atom. The first-order valence-electron chi connectivity index (χ1n) is 4.38. The Bertz CT molecular complexity index is 119. The van der Waals surface area contributed by atoms with E-state index < -0.39 is 18.2 Å². The molecule has 0 N–H and O–H groups in total. The third-order valence-corrected chi connectivity index (χ3v) is 12.7. The molecule has 4 nitrogen and oxygen atoms in total. The quantitative estimate of drug-likeness (QED) is 0.668. The zero-order chi connectivity index (χ0) is 10.8. The van der Waals surface area contributed by atoms with Crippen LogP contribution in [0.25, 0.3) is 0 Å². The first-order chi connectivity index (χ1) is 5.77. The average Bonchev–Trinajstić information content (AvgIpc) is 1.82. The summed E-state index contributed by atoms with van der Waals surface area (Å²) in [5.74, 6) is 0. The Morgan fingerprint density at radius 2 is 0.615 bits per heavy atom. The molecule has 0 atom stereocenters. The molecular weight excluding hydrogens is 245 g/mol. The minimum atomic E-state index is -2.48. The number of nitrogens with zero attached hydrogens (tertiary/aromatic N) is 4. The summed E-state index contributed by atoms with van der Waals surface area (Å²) in [5, 5.41) is 0. The van der Waals surface area contributed by atoms with Gasteiger partial charge in [0.05, 0.1) is 0 Å². The summed E-state index contributed by atoms with van der Waals surface area (Å²) < 4.78 is 9.55. The fourth-order valence-electron chi connectivity index (χ4n) is 2.15. The Kier molecular flexibility index (Phi) is 5.10. The van der Waals surface area contributed by atoms with E-state index in [0.29, 0.717) is 0 Å². The zero-order valence-electron chi connectivity index (χ0n) is 10.2. The van der Waals surface area contributed by atoms with Crippen LogP contribution in [0.1, 0.15) is 0 Å². The summed E-state index contributed by atoms with van der Waals surface area (Å²) in [6, 6.07) is 0. The molecule has 5 heteroatoms. The third kappa shape index (κ3) is 2.33. The Hall–Kier alpha value is 0.580. The second kappa shape index (κ2) is 4.89. The van der Waals surface area contributed by atoms with Gasteiger partial charge in [0.2, 0.25) is 0 Å². The molecule has 0 bridgehead atoms. The predicted molar refractivity (Wildman–Crippen MR) is 54.7 cm³/mol. The van der Waals surface area contributed by atoms with Crippen molar-refractivity contribution in [3.63, 3.8) is 0 Å². The van der Waals surface area contributed by atoms with Gasteiger partial charge in [0.15, 0.2) is 0 Å². The van der Waals surface area contributed by atoms with E-state index in [4.69, 9.17) is 0 Å². The summed E-state index contributed by atoms with van der Waals surface area (Å²) in [6.07, 6.45) is 0. The van der Waals surface area contributed by atoms with Gasteiger partial charge in [-0.1, -0.05) is 0 Å². The fraction of sp³-hybridized carbons (Fsp3) is 1.00. The molecule has 0 heterocycles. The van der Waals surface area contributed by atoms with Crippen molar-refractivity contribution >= 4 is 0 Å². The second-order valence-corrected chi connectivity index (χ2v) is 14.4. The number of rotatable bonds is 4. The standard InChI is InChI=1S/4C2H6N.Nb/c4*1-3-2;/h4*1-2H3;/q4*-1;+4. The van der Waals surface area contributed by atoms with Crippen LogP contribution in [0.2, 0.25) is 0 Å². The van der Waals surface area contributed by atoms with Crippen LogP contribution in [0.3, 0.4) is 0 Å². The van der Waals surface area contributed by atoms with Crippen LogP contribution in [0.15, 0.2) is 0 Å². The van der Waals surface area contributed by atoms with Gasteiger partial charge in [-0.3, -0.25) is 0 Å². The van der Waals surface area contributed by atoms with Crippen molar-refractivity contribution in [2.75, 3.05) is 56.4 Å². The topological polar surface area (TPSA) is 13.0 Å². The van der Waals surface area contributed by atoms with Gasteiger partial charge in [-0.05, 0) is 0 Å². The molecule has 13 heavy (non-hydrogen) atoms. The van der Waals surface area contributed by atoms with Crippen LogP contribution >= 0.6 is 0 Å². The number of hydrogen-bond donors (Lipinski definition) is 0. The van der Waals surface area contributed by atoms with E-state index >= 15 is 0 Å². The van der Waals surface area contributed by atoms with Crippen LogP contribution in [0.4, 0.5) is 0 Å². The van der Waals surface area contributed by atoms with Crippen molar-refractivity contribution in [2.24, 2.45) is 0 Å². The molecule has 0 rings (SSSR count). The molecule has 0 aliphatic rings. The first-order valence-corrected chi connectivity index (χ1v) is 8.31. The number of hydrogen-bond acceptors (Lipinski definition) is 4. The van der Waals surface area contributed by atoms with E-state index in [1.807, 2.05) is 0 Å². The zero-order valence-corrected chi connectivity index (χ0v) is 12.4. The van der Waals surface area contributed by atoms with Gasteiger partial charge >= 0.3 is 87.8 Å². The van der Waals surface area contributed by atoms with Crippen molar-refractivity contribution < 1.29 is 18.2 Å². The summed E-state index contributed by atoms with van der Waals surface area (Å²) >= 11 is -2.48. The first kappa shape index (κ1) is 13.6. The maximum absolute atomic E-state index is 2.48. The molecular formula is C8H24N4Nb. The minimum absolute atomic E-state index is 2.17. The fourth-order valence-corrected chi connectivity index (χ4v) is 12.7. The van der Waals surface area contributed by atoms with Crippen LogP contribution in [-0.4, -0.2) is 69.6 Å². The molecule has 0 aliphatic carbocycles. The van der Waals surface area contributed by atoms with Gasteiger partial charge in [-0.15, -0.1) is 0 Å². The van der Waals surface area contributed by atoms with Crippen LogP contribution in [-0.2, 0) is 18.2 Å². The SMILES string of the molecule is C[N](C)[Nb]([N](C)C)([N](C)C)[N](C)C. The van der Waals surface area contributed by atoms with Crippen molar-refractivity contribution in [1.29, 1.82) is 0 Å². The van der Waals surface area contributed by atoms with E-state index in [-0.39, 0.29) is 0 Å². The average molecular weight is 269 g/mol. The van der Waals surface area contributed by atoms with Crippen molar-refractivity contribution in [3.05, 3.63) is 0 Å². The summed E-state index contributed by atoms with van der Waals surface area (Å²) in [6.45, 7) is 0. The molecule has 0 aromatic heterocycles. The molecule has 0 unspecified atom stereocenters. The summed E-state index contributed by atoms with van der Waals surface area (Å²) in [4.78, 5) is 0. The third-order valence-electron chi connectivity index (χ3n) is 2.15. The Labute approximate surface area is 87.9 Å². The summed E-state index contributed by atoms with van der Waals surface area (Å²) in [5.41, 5.74) is 0. The second-order valence-electron chi connectivity index (χ2n) is 3.93. The molecule has 0 saturated heterocycles. The van der Waals surface area contributed by atoms with Crippen LogP contribution < -0.4 is 0 Å². The van der Waals surface area contributed by atoms with Crippen molar-refractivity contribution in [3.8, 4) is 0 Å². The van der Waals surface area contributed by atoms with Gasteiger partial charge in [-0.25, -0.2) is 0 Å². The van der Waals surface area contributed by atoms with Gasteiger partial charge < -0.3 is 0 Å². The normalized spacial score (nSPS) is 13.8. The monoisotopic (exact) mass is 269 g/mol. The van der Waals surface area contributed by atoms with Gasteiger partial charge in [0.25, 0.3) is 0 Å². The van der Waals surface area contributed by atoms with E-state index in [1.54, 1.807) is 0 Å². The van der Waals surface area contributed by atoms with Crippen molar-refractivity contribution in [2.45, 2.75) is 0 Å². The van der Waals surface area contributed by atoms with E-state index in [0.717, 1.165) is 0 Å². The molecule has 0 radical (unpaired) electrons. The molecule has 81 valence electrons. The summed E-state index contributed by atoms with van der Waals surface area (Å²) in [7, 11) is 17.4. The molecule has 0 amide bonds. The van der Waals surface area contributed by atoms with Gasteiger partial charge in [0.1, 0.15) is 0 Å². The molecule has 0 spiro atoms. The molecule has 0 aromatic rings. The van der Waals surface area contributed by atoms with Crippen molar-refractivity contribution in [1.82, 2.24) is 13.2 Å². The maximum atomic E-state index is 2.39. The molecule has 0 saturated carbocycles. The van der Waals surface area contributed by atoms with Crippen LogP contribution in [0, 0.1) is 0 Å². The van der Waals surface area contributed by atoms with E-state index in [2.05, 4.69) is 69.6 Å². The molecule has 0 aliphatic heterocycles. The Balaban J connectivity index is 5.06. The van der Waals surface area contributed by atoms with Gasteiger partial charge in [0, 0.05) is 0 Å². The predicted octanol–water partition coefficient (Wildman–Crippen LogP) is 0.0467.